The Morgan fingerprint density at radius 1 is 1.39 bits per heavy atom. The van der Waals surface area contributed by atoms with Crippen molar-refractivity contribution in [1.29, 1.82) is 0 Å². The molecule has 0 aromatic heterocycles. The van der Waals surface area contributed by atoms with Crippen LogP contribution in [0.5, 0.6) is 0 Å². The number of methoxy groups -OCH3 is 1. The van der Waals surface area contributed by atoms with E-state index in [-0.39, 0.29) is 0 Å². The van der Waals surface area contributed by atoms with Crippen LogP contribution in [0.2, 0.25) is 0 Å². The van der Waals surface area contributed by atoms with Crippen molar-refractivity contribution in [3.8, 4) is 0 Å². The van der Waals surface area contributed by atoms with Crippen LogP contribution in [0.1, 0.15) is 46.5 Å². The number of rotatable bonds is 8. The Kier molecular flexibility index (Phi) is 7.20. The van der Waals surface area contributed by atoms with Gasteiger partial charge in [0.15, 0.2) is 0 Å². The molecular weight excluding hydrogens is 226 g/mol. The quantitative estimate of drug-likeness (QED) is 0.678. The van der Waals surface area contributed by atoms with E-state index in [1.54, 1.807) is 7.11 Å². The lowest BCUT2D eigenvalue weighted by Gasteiger charge is -2.32. The standard InChI is InChI=1S/C15H31NO2/c1-15(2,3)13(12-16-9-11-17-4)7-8-14-6-5-10-18-14/h13-14,16H,5-12H2,1-4H3. The fraction of sp³-hybridized carbons (Fsp3) is 1.00. The highest BCUT2D eigenvalue weighted by Gasteiger charge is 2.26. The Bertz CT molecular complexity index is 207. The molecule has 18 heavy (non-hydrogen) atoms. The predicted molar refractivity (Wildman–Crippen MR) is 75.9 cm³/mol. The second-order valence-corrected chi connectivity index (χ2v) is 6.47. The predicted octanol–water partition coefficient (Wildman–Crippen LogP) is 2.84. The van der Waals surface area contributed by atoms with Gasteiger partial charge in [0, 0.05) is 20.3 Å². The summed E-state index contributed by atoms with van der Waals surface area (Å²) in [7, 11) is 1.75. The van der Waals surface area contributed by atoms with Crippen molar-refractivity contribution < 1.29 is 9.47 Å². The zero-order valence-electron chi connectivity index (χ0n) is 12.6. The normalized spacial score (nSPS) is 22.3. The van der Waals surface area contributed by atoms with Gasteiger partial charge in [-0.25, -0.2) is 0 Å². The van der Waals surface area contributed by atoms with Crippen LogP contribution in [0.15, 0.2) is 0 Å². The molecule has 1 rings (SSSR count). The van der Waals surface area contributed by atoms with Gasteiger partial charge in [-0.3, -0.25) is 0 Å². The average Bonchev–Trinajstić information content (AvgIpc) is 2.79. The lowest BCUT2D eigenvalue weighted by molar-refractivity contribution is 0.0885. The lowest BCUT2D eigenvalue weighted by Crippen LogP contribution is -2.34. The van der Waals surface area contributed by atoms with Crippen molar-refractivity contribution in [3.63, 3.8) is 0 Å². The molecule has 1 fully saturated rings. The molecule has 1 saturated heterocycles. The van der Waals surface area contributed by atoms with E-state index in [9.17, 15) is 0 Å². The summed E-state index contributed by atoms with van der Waals surface area (Å²) in [6, 6.07) is 0. The molecule has 2 atom stereocenters. The summed E-state index contributed by atoms with van der Waals surface area (Å²) in [6.07, 6.45) is 5.50. The smallest absolute Gasteiger partial charge is 0.0587 e. The molecule has 1 aliphatic heterocycles. The summed E-state index contributed by atoms with van der Waals surface area (Å²) in [4.78, 5) is 0. The van der Waals surface area contributed by atoms with Crippen molar-refractivity contribution >= 4 is 0 Å². The minimum absolute atomic E-state index is 0.360. The molecule has 0 aliphatic carbocycles. The third kappa shape index (κ3) is 6.17. The molecule has 0 spiro atoms. The van der Waals surface area contributed by atoms with E-state index in [1.807, 2.05) is 0 Å². The first-order valence-electron chi connectivity index (χ1n) is 7.35. The molecular formula is C15H31NO2. The van der Waals surface area contributed by atoms with E-state index in [1.165, 1.54) is 25.7 Å². The van der Waals surface area contributed by atoms with E-state index in [0.29, 0.717) is 17.4 Å². The van der Waals surface area contributed by atoms with Crippen molar-refractivity contribution in [2.45, 2.75) is 52.6 Å². The summed E-state index contributed by atoms with van der Waals surface area (Å²) < 4.78 is 10.8. The maximum Gasteiger partial charge on any atom is 0.0587 e. The van der Waals surface area contributed by atoms with Crippen LogP contribution in [-0.2, 0) is 9.47 Å². The van der Waals surface area contributed by atoms with E-state index in [0.717, 1.165) is 26.3 Å². The minimum atomic E-state index is 0.360. The van der Waals surface area contributed by atoms with Crippen molar-refractivity contribution in [1.82, 2.24) is 5.32 Å². The lowest BCUT2D eigenvalue weighted by atomic mass is 9.77. The number of nitrogens with one attached hydrogen (secondary N) is 1. The second-order valence-electron chi connectivity index (χ2n) is 6.47. The van der Waals surface area contributed by atoms with Gasteiger partial charge in [-0.05, 0) is 43.6 Å². The highest BCUT2D eigenvalue weighted by atomic mass is 16.5. The SMILES string of the molecule is COCCNCC(CCC1CCCO1)C(C)(C)C. The molecule has 1 aliphatic rings. The highest BCUT2D eigenvalue weighted by Crippen LogP contribution is 2.31. The summed E-state index contributed by atoms with van der Waals surface area (Å²) >= 11 is 0. The first-order chi connectivity index (χ1) is 8.54. The monoisotopic (exact) mass is 257 g/mol. The Morgan fingerprint density at radius 2 is 2.17 bits per heavy atom. The first-order valence-corrected chi connectivity index (χ1v) is 7.35. The van der Waals surface area contributed by atoms with Gasteiger partial charge in [-0.15, -0.1) is 0 Å². The Labute approximate surface area is 113 Å². The topological polar surface area (TPSA) is 30.5 Å². The van der Waals surface area contributed by atoms with Gasteiger partial charge in [0.25, 0.3) is 0 Å². The molecule has 1 heterocycles. The van der Waals surface area contributed by atoms with Gasteiger partial charge < -0.3 is 14.8 Å². The molecule has 3 nitrogen and oxygen atoms in total. The summed E-state index contributed by atoms with van der Waals surface area (Å²) in [5.74, 6) is 0.707. The van der Waals surface area contributed by atoms with E-state index < -0.39 is 0 Å². The summed E-state index contributed by atoms with van der Waals surface area (Å²) in [5.41, 5.74) is 0.360. The molecule has 2 unspecified atom stereocenters. The largest absolute Gasteiger partial charge is 0.383 e. The third-order valence-corrected chi connectivity index (χ3v) is 3.96. The molecule has 3 heteroatoms. The van der Waals surface area contributed by atoms with Crippen LogP contribution in [0.4, 0.5) is 0 Å². The van der Waals surface area contributed by atoms with E-state index in [2.05, 4.69) is 26.1 Å². The van der Waals surface area contributed by atoms with Gasteiger partial charge in [-0.1, -0.05) is 20.8 Å². The van der Waals surface area contributed by atoms with E-state index >= 15 is 0 Å². The Hall–Kier alpha value is -0.120. The van der Waals surface area contributed by atoms with Crippen LogP contribution in [0, 0.1) is 11.3 Å². The third-order valence-electron chi connectivity index (χ3n) is 3.96. The van der Waals surface area contributed by atoms with Crippen LogP contribution in [-0.4, -0.2) is 39.5 Å². The maximum absolute atomic E-state index is 5.72. The molecule has 0 saturated carbocycles. The van der Waals surface area contributed by atoms with Crippen LogP contribution in [0.3, 0.4) is 0 Å². The Morgan fingerprint density at radius 3 is 2.72 bits per heavy atom. The maximum atomic E-state index is 5.72. The van der Waals surface area contributed by atoms with Gasteiger partial charge in [0.2, 0.25) is 0 Å². The van der Waals surface area contributed by atoms with Crippen LogP contribution in [0.25, 0.3) is 0 Å². The van der Waals surface area contributed by atoms with Crippen molar-refractivity contribution in [3.05, 3.63) is 0 Å². The van der Waals surface area contributed by atoms with Crippen molar-refractivity contribution in [2.75, 3.05) is 33.4 Å². The van der Waals surface area contributed by atoms with Gasteiger partial charge in [-0.2, -0.15) is 0 Å². The van der Waals surface area contributed by atoms with Gasteiger partial charge >= 0.3 is 0 Å². The molecule has 0 bridgehead atoms. The first kappa shape index (κ1) is 15.9. The molecule has 0 radical (unpaired) electrons. The summed E-state index contributed by atoms with van der Waals surface area (Å²) in [5, 5.41) is 3.50. The fourth-order valence-corrected chi connectivity index (χ4v) is 2.55. The van der Waals surface area contributed by atoms with Crippen LogP contribution < -0.4 is 5.32 Å². The van der Waals surface area contributed by atoms with Gasteiger partial charge in [0.1, 0.15) is 0 Å². The summed E-state index contributed by atoms with van der Waals surface area (Å²) in [6.45, 7) is 10.8. The molecule has 0 aromatic rings. The molecule has 0 aromatic carbocycles. The van der Waals surface area contributed by atoms with Crippen molar-refractivity contribution in [2.24, 2.45) is 11.3 Å². The zero-order valence-corrected chi connectivity index (χ0v) is 12.6. The fourth-order valence-electron chi connectivity index (χ4n) is 2.55. The molecule has 0 amide bonds. The second kappa shape index (κ2) is 8.13. The molecule has 108 valence electrons. The highest BCUT2D eigenvalue weighted by molar-refractivity contribution is 4.78. The average molecular weight is 257 g/mol. The Balaban J connectivity index is 2.26. The minimum Gasteiger partial charge on any atom is -0.383 e. The number of hydrogen-bond donors (Lipinski definition) is 1. The van der Waals surface area contributed by atoms with E-state index in [4.69, 9.17) is 9.47 Å². The van der Waals surface area contributed by atoms with Crippen LogP contribution >= 0.6 is 0 Å². The molecule has 1 N–H and O–H groups in total. The zero-order chi connectivity index (χ0) is 13.4. The number of hydrogen-bond acceptors (Lipinski definition) is 3. The van der Waals surface area contributed by atoms with Gasteiger partial charge in [0.05, 0.1) is 12.7 Å². The number of ether oxygens (including phenoxy) is 2.